The first-order valence-electron chi connectivity index (χ1n) is 4.49. The van der Waals surface area contributed by atoms with Gasteiger partial charge in [-0.25, -0.2) is 9.48 Å². The summed E-state index contributed by atoms with van der Waals surface area (Å²) in [5, 5.41) is 19.2. The maximum Gasteiger partial charge on any atom is 0.327 e. The highest BCUT2D eigenvalue weighted by Gasteiger charge is 2.34. The zero-order chi connectivity index (χ0) is 11.5. The van der Waals surface area contributed by atoms with Crippen LogP contribution in [0.25, 0.3) is 0 Å². The summed E-state index contributed by atoms with van der Waals surface area (Å²) in [6.07, 6.45) is 1.32. The second-order valence-electron chi connectivity index (χ2n) is 3.22. The van der Waals surface area contributed by atoms with E-state index in [1.54, 1.807) is 0 Å². The number of nitrogens with zero attached hydrogens (tertiary/aromatic N) is 5. The Labute approximate surface area is 94.6 Å². The van der Waals surface area contributed by atoms with Gasteiger partial charge in [0.05, 0.1) is 5.88 Å². The molecule has 16 heavy (non-hydrogen) atoms. The standard InChI is InChI=1S/C7H9N5O3S/c13-6(1-11-3-8-9-10-11)12-4-16-2-5(12)7(14)15/h3,5H,1-2,4H2,(H,14,15). The quantitative estimate of drug-likeness (QED) is 0.701. The third-order valence-electron chi connectivity index (χ3n) is 2.18. The van der Waals surface area contributed by atoms with E-state index in [0.717, 1.165) is 0 Å². The van der Waals surface area contributed by atoms with E-state index < -0.39 is 12.0 Å². The predicted octanol–water partition coefficient (Wildman–Crippen LogP) is -1.34. The number of amides is 1. The minimum Gasteiger partial charge on any atom is -0.480 e. The van der Waals surface area contributed by atoms with Gasteiger partial charge >= 0.3 is 5.97 Å². The van der Waals surface area contributed by atoms with Gasteiger partial charge in [0, 0.05) is 5.75 Å². The van der Waals surface area contributed by atoms with E-state index in [9.17, 15) is 9.59 Å². The van der Waals surface area contributed by atoms with Crippen molar-refractivity contribution in [2.24, 2.45) is 0 Å². The molecule has 1 aliphatic rings. The van der Waals surface area contributed by atoms with Crippen LogP contribution in [-0.2, 0) is 16.1 Å². The first-order valence-corrected chi connectivity index (χ1v) is 5.65. The van der Waals surface area contributed by atoms with Crippen LogP contribution in [0.2, 0.25) is 0 Å². The van der Waals surface area contributed by atoms with E-state index in [2.05, 4.69) is 15.5 Å². The smallest absolute Gasteiger partial charge is 0.327 e. The van der Waals surface area contributed by atoms with Crippen LogP contribution >= 0.6 is 11.8 Å². The maximum absolute atomic E-state index is 11.8. The fourth-order valence-electron chi connectivity index (χ4n) is 1.38. The molecule has 1 aromatic heterocycles. The molecule has 1 saturated heterocycles. The van der Waals surface area contributed by atoms with E-state index in [0.29, 0.717) is 11.6 Å². The zero-order valence-corrected chi connectivity index (χ0v) is 9.00. The number of carboxylic acids is 1. The molecule has 1 N–H and O–H groups in total. The predicted molar refractivity (Wildman–Crippen MR) is 53.4 cm³/mol. The van der Waals surface area contributed by atoms with Gasteiger partial charge in [-0.15, -0.1) is 16.9 Å². The van der Waals surface area contributed by atoms with Crippen molar-refractivity contribution >= 4 is 23.6 Å². The Bertz CT molecular complexity index is 395. The molecule has 0 aliphatic carbocycles. The van der Waals surface area contributed by atoms with E-state index >= 15 is 0 Å². The van der Waals surface area contributed by atoms with Crippen molar-refractivity contribution in [3.8, 4) is 0 Å². The van der Waals surface area contributed by atoms with Gasteiger partial charge in [-0.3, -0.25) is 4.79 Å². The fourth-order valence-corrected chi connectivity index (χ4v) is 2.55. The fraction of sp³-hybridized carbons (Fsp3) is 0.571. The summed E-state index contributed by atoms with van der Waals surface area (Å²) in [4.78, 5) is 24.0. The molecule has 86 valence electrons. The molecule has 0 saturated carbocycles. The molecule has 0 aromatic carbocycles. The van der Waals surface area contributed by atoms with Crippen molar-refractivity contribution in [2.45, 2.75) is 12.6 Å². The number of carbonyl (C=O) groups excluding carboxylic acids is 1. The van der Waals surface area contributed by atoms with Crippen LogP contribution in [0.15, 0.2) is 6.33 Å². The Morgan fingerprint density at radius 2 is 2.38 bits per heavy atom. The average Bonchev–Trinajstić information content (AvgIpc) is 2.86. The lowest BCUT2D eigenvalue weighted by Crippen LogP contribution is -2.43. The molecular weight excluding hydrogens is 234 g/mol. The van der Waals surface area contributed by atoms with Gasteiger partial charge in [0.2, 0.25) is 5.91 Å². The van der Waals surface area contributed by atoms with Crippen LogP contribution in [-0.4, -0.2) is 59.8 Å². The van der Waals surface area contributed by atoms with Crippen molar-refractivity contribution in [2.75, 3.05) is 11.6 Å². The highest BCUT2D eigenvalue weighted by molar-refractivity contribution is 7.99. The average molecular weight is 243 g/mol. The van der Waals surface area contributed by atoms with E-state index in [1.165, 1.54) is 27.7 Å². The second kappa shape index (κ2) is 4.47. The summed E-state index contributed by atoms with van der Waals surface area (Å²) in [5.41, 5.74) is 0. The molecule has 1 amide bonds. The largest absolute Gasteiger partial charge is 0.480 e. The number of carboxylic acid groups (broad SMARTS) is 1. The Hall–Kier alpha value is -1.64. The van der Waals surface area contributed by atoms with E-state index in [4.69, 9.17) is 5.11 Å². The maximum atomic E-state index is 11.8. The molecule has 0 radical (unpaired) electrons. The van der Waals surface area contributed by atoms with Crippen LogP contribution in [0.4, 0.5) is 0 Å². The molecule has 0 bridgehead atoms. The summed E-state index contributed by atoms with van der Waals surface area (Å²) in [5.74, 6) is -0.436. The van der Waals surface area contributed by atoms with Crippen LogP contribution < -0.4 is 0 Å². The number of carbonyl (C=O) groups is 2. The zero-order valence-electron chi connectivity index (χ0n) is 8.18. The van der Waals surface area contributed by atoms with Crippen molar-refractivity contribution in [1.82, 2.24) is 25.1 Å². The van der Waals surface area contributed by atoms with Crippen molar-refractivity contribution in [3.05, 3.63) is 6.33 Å². The Morgan fingerprint density at radius 3 is 3.00 bits per heavy atom. The molecule has 0 spiro atoms. The molecule has 1 unspecified atom stereocenters. The number of hydrogen-bond donors (Lipinski definition) is 1. The SMILES string of the molecule is O=C(O)C1CSCN1C(=O)Cn1cnnn1. The van der Waals surface area contributed by atoms with Gasteiger partial charge in [-0.1, -0.05) is 0 Å². The van der Waals surface area contributed by atoms with Crippen LogP contribution in [0.5, 0.6) is 0 Å². The number of thioether (sulfide) groups is 1. The highest BCUT2D eigenvalue weighted by Crippen LogP contribution is 2.21. The third kappa shape index (κ3) is 2.13. The number of aromatic nitrogens is 4. The molecule has 1 aromatic rings. The lowest BCUT2D eigenvalue weighted by Gasteiger charge is -2.19. The molecule has 8 nitrogen and oxygen atoms in total. The van der Waals surface area contributed by atoms with Crippen LogP contribution in [0, 0.1) is 0 Å². The summed E-state index contributed by atoms with van der Waals surface area (Å²) in [6, 6.07) is -0.742. The Balaban J connectivity index is 2.01. The Morgan fingerprint density at radius 1 is 1.56 bits per heavy atom. The van der Waals surface area contributed by atoms with Gasteiger partial charge < -0.3 is 10.0 Å². The van der Waals surface area contributed by atoms with Gasteiger partial charge in [0.15, 0.2) is 0 Å². The second-order valence-corrected chi connectivity index (χ2v) is 4.22. The van der Waals surface area contributed by atoms with Gasteiger partial charge in [-0.05, 0) is 10.4 Å². The summed E-state index contributed by atoms with van der Waals surface area (Å²) in [7, 11) is 0. The third-order valence-corrected chi connectivity index (χ3v) is 3.19. The first-order chi connectivity index (χ1) is 7.68. The minimum absolute atomic E-state index is 0.0304. The lowest BCUT2D eigenvalue weighted by molar-refractivity contribution is -0.148. The first kappa shape index (κ1) is 10.9. The van der Waals surface area contributed by atoms with Gasteiger partial charge in [-0.2, -0.15) is 0 Å². The molecule has 2 rings (SSSR count). The normalized spacial score (nSPS) is 20.0. The molecule has 1 atom stereocenters. The molecular formula is C7H9N5O3S. The van der Waals surface area contributed by atoms with Crippen molar-refractivity contribution < 1.29 is 14.7 Å². The summed E-state index contributed by atoms with van der Waals surface area (Å²) < 4.78 is 1.27. The topological polar surface area (TPSA) is 101 Å². The summed E-state index contributed by atoms with van der Waals surface area (Å²) >= 11 is 1.42. The minimum atomic E-state index is -0.977. The number of tetrazole rings is 1. The lowest BCUT2D eigenvalue weighted by atomic mass is 10.3. The van der Waals surface area contributed by atoms with Gasteiger partial charge in [0.25, 0.3) is 0 Å². The van der Waals surface area contributed by atoms with E-state index in [1.807, 2.05) is 0 Å². The molecule has 1 fully saturated rings. The number of hydrogen-bond acceptors (Lipinski definition) is 6. The monoisotopic (exact) mass is 243 g/mol. The van der Waals surface area contributed by atoms with Crippen LogP contribution in [0.1, 0.15) is 0 Å². The van der Waals surface area contributed by atoms with Crippen LogP contribution in [0.3, 0.4) is 0 Å². The number of aliphatic carboxylic acids is 1. The highest BCUT2D eigenvalue weighted by atomic mass is 32.2. The summed E-state index contributed by atoms with van der Waals surface area (Å²) in [6.45, 7) is -0.0304. The Kier molecular flexibility index (Phi) is 3.04. The van der Waals surface area contributed by atoms with Crippen molar-refractivity contribution in [3.63, 3.8) is 0 Å². The van der Waals surface area contributed by atoms with E-state index in [-0.39, 0.29) is 12.5 Å². The molecule has 1 aliphatic heterocycles. The number of rotatable bonds is 3. The van der Waals surface area contributed by atoms with Gasteiger partial charge in [0.1, 0.15) is 18.9 Å². The van der Waals surface area contributed by atoms with Crippen molar-refractivity contribution in [1.29, 1.82) is 0 Å². The molecule has 9 heteroatoms. The molecule has 2 heterocycles.